The van der Waals surface area contributed by atoms with Crippen LogP contribution in [0.1, 0.15) is 0 Å². The topological polar surface area (TPSA) is 93.8 Å². The molecule has 0 amide bonds. The van der Waals surface area contributed by atoms with Crippen LogP contribution < -0.4 is 5.69 Å². The largest absolute Gasteiger partial charge is 0.353 e. The number of hydrogen-bond donors (Lipinski definition) is 1. The highest BCUT2D eigenvalue weighted by atomic mass is 16.2. The number of fused-ring (bicyclic) bond motifs is 2. The lowest BCUT2D eigenvalue weighted by atomic mass is 10.3. The number of benzene rings is 1. The summed E-state index contributed by atoms with van der Waals surface area (Å²) < 4.78 is 2.39. The van der Waals surface area contributed by atoms with Gasteiger partial charge in [0.15, 0.2) is 17.2 Å². The number of nitrogens with one attached hydrogen (secondary N) is 1. The molecule has 0 bridgehead atoms. The Hall–Kier alpha value is -3.47. The third kappa shape index (κ3) is 1.69. The van der Waals surface area contributed by atoms with Crippen LogP contribution in [0.15, 0.2) is 35.4 Å². The number of rotatable bonds is 2. The monoisotopic (exact) mass is 291 g/mol. The summed E-state index contributed by atoms with van der Waals surface area (Å²) >= 11 is 0. The Morgan fingerprint density at radius 2 is 2.18 bits per heavy atom. The van der Waals surface area contributed by atoms with Crippen molar-refractivity contribution in [1.29, 1.82) is 0 Å². The normalized spacial score (nSPS) is 11.0. The van der Waals surface area contributed by atoms with Gasteiger partial charge in [-0.1, -0.05) is 23.3 Å². The molecule has 22 heavy (non-hydrogen) atoms. The molecule has 106 valence electrons. The van der Waals surface area contributed by atoms with E-state index in [9.17, 15) is 4.79 Å². The maximum absolute atomic E-state index is 12.2. The molecular formula is C14H9N7O. The SMILES string of the molecule is C#CCn1nnc2c(-c3nc4ccccc4[nH]3)ncn2c1=O. The van der Waals surface area contributed by atoms with Gasteiger partial charge in [0, 0.05) is 0 Å². The zero-order valence-electron chi connectivity index (χ0n) is 11.3. The van der Waals surface area contributed by atoms with Gasteiger partial charge in [-0.15, -0.1) is 11.5 Å². The Labute approximate surface area is 123 Å². The first-order chi connectivity index (χ1) is 10.8. The Balaban J connectivity index is 1.94. The number of hydrogen-bond acceptors (Lipinski definition) is 5. The van der Waals surface area contributed by atoms with Gasteiger partial charge in [0.05, 0.1) is 11.0 Å². The fourth-order valence-corrected chi connectivity index (χ4v) is 2.25. The number of terminal acetylenes is 1. The molecule has 1 N–H and O–H groups in total. The summed E-state index contributed by atoms with van der Waals surface area (Å²) in [7, 11) is 0. The molecule has 8 nitrogen and oxygen atoms in total. The van der Waals surface area contributed by atoms with Crippen LogP contribution in [0.25, 0.3) is 28.2 Å². The van der Waals surface area contributed by atoms with Crippen molar-refractivity contribution in [1.82, 2.24) is 34.3 Å². The zero-order valence-corrected chi connectivity index (χ0v) is 11.3. The lowest BCUT2D eigenvalue weighted by Crippen LogP contribution is -2.29. The van der Waals surface area contributed by atoms with Gasteiger partial charge in [-0.3, -0.25) is 0 Å². The fraction of sp³-hybridized carbons (Fsp3) is 0.0714. The predicted octanol–water partition coefficient (Wildman–Crippen LogP) is 0.462. The molecule has 0 spiro atoms. The minimum Gasteiger partial charge on any atom is -0.337 e. The summed E-state index contributed by atoms with van der Waals surface area (Å²) in [6.07, 6.45) is 6.59. The second kappa shape index (κ2) is 4.53. The molecule has 0 saturated heterocycles. The van der Waals surface area contributed by atoms with E-state index in [0.717, 1.165) is 15.7 Å². The molecule has 3 heterocycles. The summed E-state index contributed by atoms with van der Waals surface area (Å²) in [4.78, 5) is 24.0. The van der Waals surface area contributed by atoms with Gasteiger partial charge in [0.25, 0.3) is 0 Å². The molecule has 1 aromatic carbocycles. The van der Waals surface area contributed by atoms with Gasteiger partial charge in [-0.25, -0.2) is 19.2 Å². The van der Waals surface area contributed by atoms with Crippen LogP contribution in [0, 0.1) is 12.3 Å². The summed E-state index contributed by atoms with van der Waals surface area (Å²) in [6, 6.07) is 7.61. The molecule has 0 atom stereocenters. The van der Waals surface area contributed by atoms with E-state index in [1.165, 1.54) is 10.7 Å². The van der Waals surface area contributed by atoms with Gasteiger partial charge >= 0.3 is 5.69 Å². The lowest BCUT2D eigenvalue weighted by Gasteiger charge is -1.98. The van der Waals surface area contributed by atoms with Gasteiger partial charge < -0.3 is 4.98 Å². The van der Waals surface area contributed by atoms with Crippen molar-refractivity contribution >= 4 is 16.7 Å². The zero-order chi connectivity index (χ0) is 15.1. The lowest BCUT2D eigenvalue weighted by molar-refractivity contribution is 0.577. The summed E-state index contributed by atoms with van der Waals surface area (Å²) in [5.41, 5.74) is 2.10. The van der Waals surface area contributed by atoms with Crippen LogP contribution in [-0.2, 0) is 6.54 Å². The van der Waals surface area contributed by atoms with Crippen LogP contribution in [0.2, 0.25) is 0 Å². The molecule has 0 unspecified atom stereocenters. The third-order valence-corrected chi connectivity index (χ3v) is 3.27. The highest BCUT2D eigenvalue weighted by Gasteiger charge is 2.15. The molecule has 4 aromatic rings. The van der Waals surface area contributed by atoms with E-state index < -0.39 is 5.69 Å². The molecule has 0 aliphatic rings. The van der Waals surface area contributed by atoms with Crippen LogP contribution in [0.4, 0.5) is 0 Å². The summed E-state index contributed by atoms with van der Waals surface area (Å²) in [6.45, 7) is 0.0555. The maximum atomic E-state index is 12.2. The average molecular weight is 291 g/mol. The minimum atomic E-state index is -0.391. The number of H-pyrrole nitrogens is 1. The molecule has 0 radical (unpaired) electrons. The van der Waals surface area contributed by atoms with Gasteiger partial charge in [-0.05, 0) is 12.1 Å². The van der Waals surface area contributed by atoms with Crippen molar-refractivity contribution < 1.29 is 0 Å². The van der Waals surface area contributed by atoms with Crippen LogP contribution >= 0.6 is 0 Å². The number of para-hydroxylation sites is 2. The molecule has 0 fully saturated rings. The first-order valence-corrected chi connectivity index (χ1v) is 6.47. The van der Waals surface area contributed by atoms with Gasteiger partial charge in [0.2, 0.25) is 0 Å². The van der Waals surface area contributed by atoms with Crippen molar-refractivity contribution in [2.45, 2.75) is 6.54 Å². The Morgan fingerprint density at radius 1 is 1.32 bits per heavy atom. The van der Waals surface area contributed by atoms with E-state index in [-0.39, 0.29) is 6.54 Å². The molecule has 0 saturated carbocycles. The van der Waals surface area contributed by atoms with Crippen LogP contribution in [-0.4, -0.2) is 34.3 Å². The van der Waals surface area contributed by atoms with Crippen molar-refractivity contribution in [3.63, 3.8) is 0 Å². The third-order valence-electron chi connectivity index (χ3n) is 3.27. The van der Waals surface area contributed by atoms with Crippen LogP contribution in [0.5, 0.6) is 0 Å². The molecular weight excluding hydrogens is 282 g/mol. The minimum absolute atomic E-state index is 0.0555. The molecule has 0 aliphatic carbocycles. The quantitative estimate of drug-likeness (QED) is 0.542. The number of aromatic amines is 1. The second-order valence-electron chi connectivity index (χ2n) is 4.62. The highest BCUT2D eigenvalue weighted by Crippen LogP contribution is 2.20. The molecule has 8 heteroatoms. The standard InChI is InChI=1S/C14H9N7O/c1-2-7-21-14(22)20-8-15-11(13(20)18-19-21)12-16-9-5-3-4-6-10(9)17-12/h1,3-6,8H,7H2,(H,16,17). The van der Waals surface area contributed by atoms with E-state index in [0.29, 0.717) is 17.2 Å². The Bertz CT molecular complexity index is 1060. The van der Waals surface area contributed by atoms with E-state index in [2.05, 4.69) is 31.2 Å². The number of nitrogens with zero attached hydrogens (tertiary/aromatic N) is 6. The smallest absolute Gasteiger partial charge is 0.337 e. The molecule has 3 aromatic heterocycles. The van der Waals surface area contributed by atoms with E-state index >= 15 is 0 Å². The fourth-order valence-electron chi connectivity index (χ4n) is 2.25. The molecule has 0 aliphatic heterocycles. The van der Waals surface area contributed by atoms with Crippen molar-refractivity contribution in [2.75, 3.05) is 0 Å². The van der Waals surface area contributed by atoms with E-state index in [1.807, 2.05) is 24.3 Å². The van der Waals surface area contributed by atoms with E-state index in [1.54, 1.807) is 0 Å². The second-order valence-corrected chi connectivity index (χ2v) is 4.62. The average Bonchev–Trinajstić information content (AvgIpc) is 3.13. The number of imidazole rings is 2. The van der Waals surface area contributed by atoms with Crippen LogP contribution in [0.3, 0.4) is 0 Å². The highest BCUT2D eigenvalue weighted by molar-refractivity contribution is 5.81. The Morgan fingerprint density at radius 3 is 3.00 bits per heavy atom. The summed E-state index contributed by atoms with van der Waals surface area (Å²) in [5.74, 6) is 2.89. The molecule has 4 rings (SSSR count). The van der Waals surface area contributed by atoms with Gasteiger partial charge in [-0.2, -0.15) is 4.68 Å². The van der Waals surface area contributed by atoms with Crippen molar-refractivity contribution in [3.8, 4) is 23.9 Å². The van der Waals surface area contributed by atoms with Gasteiger partial charge in [0.1, 0.15) is 12.9 Å². The first-order valence-electron chi connectivity index (χ1n) is 6.47. The Kier molecular flexibility index (Phi) is 2.53. The van der Waals surface area contributed by atoms with E-state index in [4.69, 9.17) is 6.42 Å². The van der Waals surface area contributed by atoms with Crippen molar-refractivity contribution in [3.05, 3.63) is 41.1 Å². The predicted molar refractivity (Wildman–Crippen MR) is 79.0 cm³/mol. The summed E-state index contributed by atoms with van der Waals surface area (Å²) in [5, 5.41) is 7.84. The number of aromatic nitrogens is 7. The first kappa shape index (κ1) is 12.3. The maximum Gasteiger partial charge on any atom is 0.353 e. The van der Waals surface area contributed by atoms with Crippen molar-refractivity contribution in [2.24, 2.45) is 0 Å².